The maximum atomic E-state index is 5.67. The van der Waals surface area contributed by atoms with Gasteiger partial charge in [0.15, 0.2) is 0 Å². The van der Waals surface area contributed by atoms with Crippen molar-refractivity contribution in [2.45, 2.75) is 45.3 Å². The van der Waals surface area contributed by atoms with Crippen molar-refractivity contribution in [3.05, 3.63) is 29.6 Å². The van der Waals surface area contributed by atoms with E-state index in [9.17, 15) is 0 Å². The van der Waals surface area contributed by atoms with Crippen LogP contribution in [0.2, 0.25) is 0 Å². The quantitative estimate of drug-likeness (QED) is 0.612. The van der Waals surface area contributed by atoms with Gasteiger partial charge in [-0.2, -0.15) is 0 Å². The third-order valence-electron chi connectivity index (χ3n) is 3.74. The molecule has 0 radical (unpaired) electrons. The highest BCUT2D eigenvalue weighted by molar-refractivity contribution is 5.14. The zero-order valence-electron chi connectivity index (χ0n) is 11.2. The summed E-state index contributed by atoms with van der Waals surface area (Å²) in [5.74, 6) is 6.15. The van der Waals surface area contributed by atoms with Crippen molar-refractivity contribution < 1.29 is 4.74 Å². The average Bonchev–Trinajstić information content (AvgIpc) is 2.83. The fraction of sp³-hybridized carbons (Fsp3) is 0.643. The standard InChI is InChI=1S/C14H23N3O/c1-3-11-4-5-13(16-8-11)7-14(17-15)12-6-10(2)18-9-12/h4-5,8,10,12,14,17H,3,6-7,9,15H2,1-2H3. The van der Waals surface area contributed by atoms with Gasteiger partial charge in [-0.3, -0.25) is 16.3 Å². The maximum Gasteiger partial charge on any atom is 0.0551 e. The van der Waals surface area contributed by atoms with E-state index in [-0.39, 0.29) is 6.04 Å². The zero-order valence-corrected chi connectivity index (χ0v) is 11.2. The van der Waals surface area contributed by atoms with Crippen LogP contribution in [0.15, 0.2) is 18.3 Å². The molecule has 18 heavy (non-hydrogen) atoms. The van der Waals surface area contributed by atoms with Crippen LogP contribution < -0.4 is 11.3 Å². The molecule has 100 valence electrons. The van der Waals surface area contributed by atoms with Gasteiger partial charge in [-0.25, -0.2) is 0 Å². The van der Waals surface area contributed by atoms with Crippen molar-refractivity contribution in [2.24, 2.45) is 11.8 Å². The lowest BCUT2D eigenvalue weighted by Gasteiger charge is -2.21. The molecule has 0 bridgehead atoms. The van der Waals surface area contributed by atoms with Gasteiger partial charge in [0.1, 0.15) is 0 Å². The van der Waals surface area contributed by atoms with Crippen molar-refractivity contribution in [3.63, 3.8) is 0 Å². The Balaban J connectivity index is 1.96. The number of aromatic nitrogens is 1. The van der Waals surface area contributed by atoms with Crippen molar-refractivity contribution in [2.75, 3.05) is 6.61 Å². The molecule has 1 fully saturated rings. The average molecular weight is 249 g/mol. The molecule has 0 saturated carbocycles. The minimum Gasteiger partial charge on any atom is -0.378 e. The molecule has 3 N–H and O–H groups in total. The number of nitrogens with zero attached hydrogens (tertiary/aromatic N) is 1. The van der Waals surface area contributed by atoms with E-state index in [1.807, 2.05) is 6.20 Å². The normalized spacial score (nSPS) is 25.3. The zero-order chi connectivity index (χ0) is 13.0. The smallest absolute Gasteiger partial charge is 0.0551 e. The molecular weight excluding hydrogens is 226 g/mol. The van der Waals surface area contributed by atoms with Crippen LogP contribution in [0, 0.1) is 5.92 Å². The summed E-state index contributed by atoms with van der Waals surface area (Å²) >= 11 is 0. The highest BCUT2D eigenvalue weighted by Crippen LogP contribution is 2.23. The Hall–Kier alpha value is -0.970. The number of rotatable bonds is 5. The Bertz CT molecular complexity index is 366. The van der Waals surface area contributed by atoms with Gasteiger partial charge in [0, 0.05) is 30.3 Å². The molecule has 0 aromatic carbocycles. The number of nitrogens with one attached hydrogen (secondary N) is 1. The highest BCUT2D eigenvalue weighted by Gasteiger charge is 2.29. The van der Waals surface area contributed by atoms with Crippen molar-refractivity contribution in [1.82, 2.24) is 10.4 Å². The number of hydrazine groups is 1. The lowest BCUT2D eigenvalue weighted by Crippen LogP contribution is -2.43. The summed E-state index contributed by atoms with van der Waals surface area (Å²) in [6.07, 6.45) is 5.26. The van der Waals surface area contributed by atoms with Crippen LogP contribution in [0.25, 0.3) is 0 Å². The first-order valence-electron chi connectivity index (χ1n) is 6.74. The minimum atomic E-state index is 0.245. The van der Waals surface area contributed by atoms with Gasteiger partial charge in [-0.05, 0) is 31.4 Å². The van der Waals surface area contributed by atoms with Crippen LogP contribution in [0.1, 0.15) is 31.5 Å². The highest BCUT2D eigenvalue weighted by atomic mass is 16.5. The fourth-order valence-corrected chi connectivity index (χ4v) is 2.50. The Labute approximate surface area is 109 Å². The van der Waals surface area contributed by atoms with Gasteiger partial charge in [-0.15, -0.1) is 0 Å². The molecule has 3 unspecified atom stereocenters. The topological polar surface area (TPSA) is 60.2 Å². The van der Waals surface area contributed by atoms with Crippen LogP contribution in [0.4, 0.5) is 0 Å². The number of ether oxygens (including phenoxy) is 1. The van der Waals surface area contributed by atoms with Crippen LogP contribution in [0.5, 0.6) is 0 Å². The van der Waals surface area contributed by atoms with Gasteiger partial charge in [-0.1, -0.05) is 13.0 Å². The summed E-state index contributed by atoms with van der Waals surface area (Å²) in [6, 6.07) is 4.49. The van der Waals surface area contributed by atoms with Crippen molar-refractivity contribution >= 4 is 0 Å². The van der Waals surface area contributed by atoms with Crippen molar-refractivity contribution in [1.29, 1.82) is 0 Å². The lowest BCUT2D eigenvalue weighted by molar-refractivity contribution is 0.117. The van der Waals surface area contributed by atoms with E-state index in [0.717, 1.165) is 31.6 Å². The minimum absolute atomic E-state index is 0.245. The lowest BCUT2D eigenvalue weighted by atomic mass is 9.93. The number of hydrogen-bond donors (Lipinski definition) is 2. The Kier molecular flexibility index (Phi) is 4.69. The Morgan fingerprint density at radius 3 is 2.89 bits per heavy atom. The molecule has 4 heteroatoms. The van der Waals surface area contributed by atoms with Crippen LogP contribution in [0.3, 0.4) is 0 Å². The molecule has 0 aliphatic carbocycles. The van der Waals surface area contributed by atoms with Crippen LogP contribution in [-0.2, 0) is 17.6 Å². The summed E-state index contributed by atoms with van der Waals surface area (Å²) in [6.45, 7) is 5.04. The Morgan fingerprint density at radius 1 is 1.56 bits per heavy atom. The summed E-state index contributed by atoms with van der Waals surface area (Å²) in [7, 11) is 0. The second kappa shape index (κ2) is 6.27. The van der Waals surface area contributed by atoms with Gasteiger partial charge in [0.2, 0.25) is 0 Å². The molecule has 1 aromatic heterocycles. The molecule has 1 aliphatic rings. The first-order valence-corrected chi connectivity index (χ1v) is 6.74. The predicted octanol–water partition coefficient (Wildman–Crippen LogP) is 1.44. The van der Waals surface area contributed by atoms with Crippen molar-refractivity contribution in [3.8, 4) is 0 Å². The molecule has 2 heterocycles. The summed E-state index contributed by atoms with van der Waals surface area (Å²) in [4.78, 5) is 4.49. The van der Waals surface area contributed by atoms with E-state index in [2.05, 4.69) is 36.4 Å². The molecule has 3 atom stereocenters. The van der Waals surface area contributed by atoms with E-state index >= 15 is 0 Å². The predicted molar refractivity (Wildman–Crippen MR) is 72.0 cm³/mol. The number of pyridine rings is 1. The summed E-state index contributed by atoms with van der Waals surface area (Å²) in [5.41, 5.74) is 5.29. The maximum absolute atomic E-state index is 5.67. The largest absolute Gasteiger partial charge is 0.378 e. The summed E-state index contributed by atoms with van der Waals surface area (Å²) in [5, 5.41) is 0. The number of nitrogens with two attached hydrogens (primary N) is 1. The van der Waals surface area contributed by atoms with Crippen LogP contribution in [-0.4, -0.2) is 23.7 Å². The molecule has 4 nitrogen and oxygen atoms in total. The molecule has 0 amide bonds. The van der Waals surface area contributed by atoms with E-state index in [0.29, 0.717) is 12.0 Å². The second-order valence-corrected chi connectivity index (χ2v) is 5.13. The monoisotopic (exact) mass is 249 g/mol. The fourth-order valence-electron chi connectivity index (χ4n) is 2.50. The van der Waals surface area contributed by atoms with E-state index in [1.165, 1.54) is 5.56 Å². The first-order chi connectivity index (χ1) is 8.72. The third-order valence-corrected chi connectivity index (χ3v) is 3.74. The van der Waals surface area contributed by atoms with Gasteiger partial charge in [0.25, 0.3) is 0 Å². The summed E-state index contributed by atoms with van der Waals surface area (Å²) < 4.78 is 5.61. The van der Waals surface area contributed by atoms with Gasteiger partial charge < -0.3 is 4.74 Å². The molecule has 0 spiro atoms. The van der Waals surface area contributed by atoms with E-state index in [4.69, 9.17) is 10.6 Å². The number of aryl methyl sites for hydroxylation is 1. The van der Waals surface area contributed by atoms with Crippen LogP contribution >= 0.6 is 0 Å². The molecule has 1 saturated heterocycles. The molecular formula is C14H23N3O. The Morgan fingerprint density at radius 2 is 2.39 bits per heavy atom. The van der Waals surface area contributed by atoms with Gasteiger partial charge in [0.05, 0.1) is 12.7 Å². The first kappa shape index (κ1) is 13.5. The van der Waals surface area contributed by atoms with E-state index in [1.54, 1.807) is 0 Å². The number of hydrogen-bond acceptors (Lipinski definition) is 4. The molecule has 2 rings (SSSR count). The van der Waals surface area contributed by atoms with Gasteiger partial charge >= 0.3 is 0 Å². The second-order valence-electron chi connectivity index (χ2n) is 5.13. The SMILES string of the molecule is CCc1ccc(CC(NN)C2COC(C)C2)nc1. The molecule has 1 aromatic rings. The molecule has 1 aliphatic heterocycles. The third kappa shape index (κ3) is 3.28. The van der Waals surface area contributed by atoms with E-state index < -0.39 is 0 Å².